The normalized spacial score (nSPS) is 16.9. The van der Waals surface area contributed by atoms with Crippen molar-refractivity contribution in [1.29, 1.82) is 0 Å². The smallest absolute Gasteiger partial charge is 0.148 e. The summed E-state index contributed by atoms with van der Waals surface area (Å²) in [5.41, 5.74) is 6.78. The summed E-state index contributed by atoms with van der Waals surface area (Å²) < 4.78 is 13.9. The van der Waals surface area contributed by atoms with Crippen LogP contribution in [0.2, 0.25) is 0 Å². The van der Waals surface area contributed by atoms with Crippen LogP contribution in [0.3, 0.4) is 0 Å². The van der Waals surface area contributed by atoms with Crippen LogP contribution in [0.5, 0.6) is 0 Å². The second-order valence-corrected chi connectivity index (χ2v) is 5.76. The number of hydrogen-bond donors (Lipinski definition) is 1. The summed E-state index contributed by atoms with van der Waals surface area (Å²) in [6.45, 7) is 5.22. The van der Waals surface area contributed by atoms with Gasteiger partial charge in [0.15, 0.2) is 0 Å². The monoisotopic (exact) mass is 279 g/mol. The number of benzene rings is 1. The molecule has 0 spiro atoms. The third-order valence-corrected chi connectivity index (χ3v) is 4.26. The number of hydrogen-bond acceptors (Lipinski definition) is 3. The van der Waals surface area contributed by atoms with Crippen molar-refractivity contribution in [1.82, 2.24) is 4.90 Å². The second kappa shape index (κ2) is 6.93. The van der Waals surface area contributed by atoms with Gasteiger partial charge in [-0.2, -0.15) is 0 Å². The first kappa shape index (κ1) is 15.1. The molecule has 1 aliphatic heterocycles. The number of unbranched alkanes of at least 4 members (excludes halogenated alkanes) is 1. The molecular formula is C16H26FN3. The molecule has 4 heteroatoms. The third kappa shape index (κ3) is 3.63. The third-order valence-electron chi connectivity index (χ3n) is 4.26. The van der Waals surface area contributed by atoms with E-state index in [1.807, 2.05) is 0 Å². The molecule has 0 amide bonds. The van der Waals surface area contributed by atoms with Gasteiger partial charge >= 0.3 is 0 Å². The molecular weight excluding hydrogens is 253 g/mol. The Morgan fingerprint density at radius 2 is 2.05 bits per heavy atom. The number of halogens is 1. The van der Waals surface area contributed by atoms with Crippen LogP contribution in [0, 0.1) is 5.82 Å². The molecule has 0 atom stereocenters. The van der Waals surface area contributed by atoms with Gasteiger partial charge in [-0.3, -0.25) is 0 Å². The quantitative estimate of drug-likeness (QED) is 0.841. The van der Waals surface area contributed by atoms with E-state index in [1.54, 1.807) is 12.1 Å². The van der Waals surface area contributed by atoms with Crippen molar-refractivity contribution in [3.63, 3.8) is 0 Å². The van der Waals surface area contributed by atoms with Crippen LogP contribution >= 0.6 is 0 Å². The molecule has 0 aromatic heterocycles. The lowest BCUT2D eigenvalue weighted by Crippen LogP contribution is -2.44. The number of anilines is 2. The zero-order valence-electron chi connectivity index (χ0n) is 12.6. The van der Waals surface area contributed by atoms with Gasteiger partial charge in [-0.25, -0.2) is 4.39 Å². The minimum Gasteiger partial charge on any atom is -0.399 e. The van der Waals surface area contributed by atoms with E-state index in [2.05, 4.69) is 23.8 Å². The van der Waals surface area contributed by atoms with Crippen LogP contribution in [0.1, 0.15) is 32.6 Å². The maximum atomic E-state index is 13.9. The lowest BCUT2D eigenvalue weighted by atomic mass is 10.0. The van der Waals surface area contributed by atoms with Gasteiger partial charge < -0.3 is 15.5 Å². The zero-order chi connectivity index (χ0) is 14.5. The van der Waals surface area contributed by atoms with E-state index < -0.39 is 0 Å². The number of nitrogens with zero attached hydrogens (tertiary/aromatic N) is 2. The molecule has 0 saturated carbocycles. The molecule has 1 heterocycles. The lowest BCUT2D eigenvalue weighted by Gasteiger charge is -2.38. The van der Waals surface area contributed by atoms with E-state index in [0.29, 0.717) is 17.4 Å². The molecule has 0 unspecified atom stereocenters. The molecule has 1 saturated heterocycles. The molecule has 1 aliphatic rings. The summed E-state index contributed by atoms with van der Waals surface area (Å²) in [6, 6.07) is 5.62. The van der Waals surface area contributed by atoms with Crippen molar-refractivity contribution in [2.45, 2.75) is 38.6 Å². The summed E-state index contributed by atoms with van der Waals surface area (Å²) in [4.78, 5) is 4.60. The highest BCUT2D eigenvalue weighted by atomic mass is 19.1. The summed E-state index contributed by atoms with van der Waals surface area (Å²) in [7, 11) is 2.21. The van der Waals surface area contributed by atoms with E-state index >= 15 is 0 Å². The summed E-state index contributed by atoms with van der Waals surface area (Å²) in [6.07, 6.45) is 4.69. The van der Waals surface area contributed by atoms with Crippen molar-refractivity contribution in [2.75, 3.05) is 37.3 Å². The predicted molar refractivity (Wildman–Crippen MR) is 83.6 cm³/mol. The van der Waals surface area contributed by atoms with Gasteiger partial charge in [0.1, 0.15) is 5.82 Å². The van der Waals surface area contributed by atoms with Gasteiger partial charge in [-0.05, 0) is 51.1 Å². The molecule has 0 aliphatic carbocycles. The van der Waals surface area contributed by atoms with Gasteiger partial charge in [-0.1, -0.05) is 13.3 Å². The highest BCUT2D eigenvalue weighted by Gasteiger charge is 2.23. The molecule has 1 aromatic rings. The number of piperidine rings is 1. The minimum atomic E-state index is -0.206. The highest BCUT2D eigenvalue weighted by Crippen LogP contribution is 2.26. The Labute approximate surface area is 121 Å². The van der Waals surface area contributed by atoms with Crippen LogP contribution in [0.25, 0.3) is 0 Å². The topological polar surface area (TPSA) is 32.5 Å². The standard InChI is InChI=1S/C16H26FN3/c1-3-4-9-19(2)14-7-10-20(11-8-14)16-6-5-13(18)12-15(16)17/h5-6,12,14H,3-4,7-11,18H2,1-2H3. The van der Waals surface area contributed by atoms with E-state index in [1.165, 1.54) is 18.9 Å². The van der Waals surface area contributed by atoms with Crippen molar-refractivity contribution in [2.24, 2.45) is 0 Å². The maximum absolute atomic E-state index is 13.9. The molecule has 1 aromatic carbocycles. The van der Waals surface area contributed by atoms with Crippen molar-refractivity contribution < 1.29 is 4.39 Å². The van der Waals surface area contributed by atoms with E-state index in [0.717, 1.165) is 32.5 Å². The summed E-state index contributed by atoms with van der Waals surface area (Å²) >= 11 is 0. The average molecular weight is 279 g/mol. The van der Waals surface area contributed by atoms with Gasteiger partial charge in [0, 0.05) is 24.8 Å². The van der Waals surface area contributed by atoms with Crippen LogP contribution in [-0.2, 0) is 0 Å². The Hall–Kier alpha value is -1.29. The zero-order valence-corrected chi connectivity index (χ0v) is 12.6. The Morgan fingerprint density at radius 1 is 1.35 bits per heavy atom. The molecule has 3 nitrogen and oxygen atoms in total. The SMILES string of the molecule is CCCCN(C)C1CCN(c2ccc(N)cc2F)CC1. The van der Waals surface area contributed by atoms with Crippen molar-refractivity contribution in [3.8, 4) is 0 Å². The molecule has 2 N–H and O–H groups in total. The lowest BCUT2D eigenvalue weighted by molar-refractivity contribution is 0.205. The fourth-order valence-corrected chi connectivity index (χ4v) is 2.92. The molecule has 20 heavy (non-hydrogen) atoms. The number of nitrogens with two attached hydrogens (primary N) is 1. The van der Waals surface area contributed by atoms with E-state index in [-0.39, 0.29) is 5.82 Å². The maximum Gasteiger partial charge on any atom is 0.148 e. The van der Waals surface area contributed by atoms with Crippen LogP contribution < -0.4 is 10.6 Å². The summed E-state index contributed by atoms with van der Waals surface area (Å²) in [5.74, 6) is -0.206. The first-order chi connectivity index (χ1) is 9.61. The van der Waals surface area contributed by atoms with Crippen LogP contribution in [0.4, 0.5) is 15.8 Å². The van der Waals surface area contributed by atoms with Crippen molar-refractivity contribution in [3.05, 3.63) is 24.0 Å². The van der Waals surface area contributed by atoms with E-state index in [4.69, 9.17) is 5.73 Å². The minimum absolute atomic E-state index is 0.206. The number of nitrogen functional groups attached to an aromatic ring is 1. The predicted octanol–water partition coefficient (Wildman–Crippen LogP) is 3.11. The largest absolute Gasteiger partial charge is 0.399 e. The molecule has 1 fully saturated rings. The van der Waals surface area contributed by atoms with Gasteiger partial charge in [0.25, 0.3) is 0 Å². The summed E-state index contributed by atoms with van der Waals surface area (Å²) in [5, 5.41) is 0. The molecule has 2 rings (SSSR count). The Morgan fingerprint density at radius 3 is 2.65 bits per heavy atom. The Kier molecular flexibility index (Phi) is 5.24. The first-order valence-electron chi connectivity index (χ1n) is 7.62. The number of rotatable bonds is 5. The molecule has 0 radical (unpaired) electrons. The average Bonchev–Trinajstić information content (AvgIpc) is 2.45. The van der Waals surface area contributed by atoms with E-state index in [9.17, 15) is 4.39 Å². The van der Waals surface area contributed by atoms with Crippen LogP contribution in [0.15, 0.2) is 18.2 Å². The van der Waals surface area contributed by atoms with Crippen molar-refractivity contribution >= 4 is 11.4 Å². The fourth-order valence-electron chi connectivity index (χ4n) is 2.92. The molecule has 112 valence electrons. The highest BCUT2D eigenvalue weighted by molar-refractivity contribution is 5.54. The Bertz CT molecular complexity index is 428. The van der Waals surface area contributed by atoms with Gasteiger partial charge in [0.2, 0.25) is 0 Å². The Balaban J connectivity index is 1.90. The first-order valence-corrected chi connectivity index (χ1v) is 7.62. The van der Waals surface area contributed by atoms with Gasteiger partial charge in [0.05, 0.1) is 5.69 Å². The fraction of sp³-hybridized carbons (Fsp3) is 0.625. The van der Waals surface area contributed by atoms with Crippen LogP contribution in [-0.4, -0.2) is 37.6 Å². The second-order valence-electron chi connectivity index (χ2n) is 5.76. The van der Waals surface area contributed by atoms with Gasteiger partial charge in [-0.15, -0.1) is 0 Å². The molecule has 0 bridgehead atoms.